The lowest BCUT2D eigenvalue weighted by Crippen LogP contribution is -2.37. The minimum absolute atomic E-state index is 0.156. The van der Waals surface area contributed by atoms with Crippen LogP contribution < -0.4 is 11.3 Å². The summed E-state index contributed by atoms with van der Waals surface area (Å²) in [5.74, 6) is 0.730. The summed E-state index contributed by atoms with van der Waals surface area (Å²) in [7, 11) is 0. The number of nitrogens with two attached hydrogens (primary N) is 1. The predicted molar refractivity (Wildman–Crippen MR) is 83.7 cm³/mol. The third kappa shape index (κ3) is 2.35. The van der Waals surface area contributed by atoms with Gasteiger partial charge < -0.3 is 10.6 Å². The Bertz CT molecular complexity index is 640. The third-order valence-electron chi connectivity index (χ3n) is 5.27. The lowest BCUT2D eigenvalue weighted by atomic mass is 9.98. The largest absolute Gasteiger partial charge is 0.338 e. The number of fused-ring (bicyclic) bond motifs is 1. The number of carbonyl (C=O) groups is 1. The van der Waals surface area contributed by atoms with E-state index in [9.17, 15) is 9.59 Å². The Morgan fingerprint density at radius 1 is 1.32 bits per heavy atom. The molecule has 0 aromatic carbocycles. The first-order chi connectivity index (χ1) is 10.6. The monoisotopic (exact) mass is 304 g/mol. The van der Waals surface area contributed by atoms with Gasteiger partial charge in [-0.3, -0.25) is 9.59 Å². The van der Waals surface area contributed by atoms with Crippen LogP contribution >= 0.6 is 0 Å². The molecule has 2 heterocycles. The number of rotatable bonds is 3. The van der Waals surface area contributed by atoms with Crippen LogP contribution in [0, 0.1) is 11.8 Å². The molecule has 0 spiro atoms. The molecule has 1 saturated carbocycles. The molecule has 120 valence electrons. The van der Waals surface area contributed by atoms with Crippen LogP contribution in [0.3, 0.4) is 0 Å². The van der Waals surface area contributed by atoms with E-state index < -0.39 is 0 Å². The van der Waals surface area contributed by atoms with Crippen molar-refractivity contribution >= 4 is 5.91 Å². The molecule has 22 heavy (non-hydrogen) atoms. The molecule has 6 nitrogen and oxygen atoms in total. The molecule has 1 aromatic heterocycles. The number of H-pyrrole nitrogens is 1. The molecule has 3 unspecified atom stereocenters. The van der Waals surface area contributed by atoms with Crippen molar-refractivity contribution < 1.29 is 4.79 Å². The van der Waals surface area contributed by atoms with Crippen LogP contribution in [0.5, 0.6) is 0 Å². The fraction of sp³-hybridized carbons (Fsp3) is 0.688. The van der Waals surface area contributed by atoms with E-state index in [1.807, 2.05) is 18.7 Å². The molecule has 0 bridgehead atoms. The highest BCUT2D eigenvalue weighted by molar-refractivity contribution is 5.95. The topological polar surface area (TPSA) is 92.1 Å². The average Bonchev–Trinajstić information content (AvgIpc) is 3.08. The van der Waals surface area contributed by atoms with Gasteiger partial charge in [-0.05, 0) is 43.1 Å². The maximum atomic E-state index is 12.9. The maximum absolute atomic E-state index is 12.9. The number of likely N-dealkylation sites (tertiary alicyclic amines) is 1. The normalized spacial score (nSPS) is 27.2. The minimum Gasteiger partial charge on any atom is -0.338 e. The number of nitrogens with one attached hydrogen (secondary N) is 1. The molecule has 1 aliphatic carbocycles. The van der Waals surface area contributed by atoms with Gasteiger partial charge in [-0.2, -0.15) is 5.10 Å². The van der Waals surface area contributed by atoms with Crippen molar-refractivity contribution in [2.24, 2.45) is 17.6 Å². The lowest BCUT2D eigenvalue weighted by Gasteiger charge is -2.20. The summed E-state index contributed by atoms with van der Waals surface area (Å²) in [5.41, 5.74) is 7.64. The average molecular weight is 304 g/mol. The number of hydrogen-bond donors (Lipinski definition) is 2. The van der Waals surface area contributed by atoms with E-state index in [0.717, 1.165) is 30.6 Å². The number of aryl methyl sites for hydroxylation is 1. The minimum atomic E-state index is -0.375. The molecular weight excluding hydrogens is 280 g/mol. The first-order valence-electron chi connectivity index (χ1n) is 8.22. The summed E-state index contributed by atoms with van der Waals surface area (Å²) >= 11 is 0. The lowest BCUT2D eigenvalue weighted by molar-refractivity contribution is 0.0776. The van der Waals surface area contributed by atoms with Crippen molar-refractivity contribution in [2.75, 3.05) is 13.1 Å². The SMILES string of the molecule is CCc1n[nH]c(=O)c(C(=O)N2CC3CCC(N)C3C2)c1CC. The van der Waals surface area contributed by atoms with Gasteiger partial charge >= 0.3 is 0 Å². The molecular formula is C16H24N4O2. The van der Waals surface area contributed by atoms with Crippen LogP contribution in [0.1, 0.15) is 48.3 Å². The molecule has 1 saturated heterocycles. The van der Waals surface area contributed by atoms with Crippen LogP contribution in [0.2, 0.25) is 0 Å². The molecule has 1 aliphatic heterocycles. The first kappa shape index (κ1) is 15.2. The Morgan fingerprint density at radius 2 is 2.09 bits per heavy atom. The Labute approximate surface area is 130 Å². The van der Waals surface area contributed by atoms with Crippen molar-refractivity contribution in [1.29, 1.82) is 0 Å². The second-order valence-corrected chi connectivity index (χ2v) is 6.44. The Balaban J connectivity index is 1.92. The zero-order valence-electron chi connectivity index (χ0n) is 13.3. The number of nitrogens with zero attached hydrogens (tertiary/aromatic N) is 2. The molecule has 3 atom stereocenters. The molecule has 2 fully saturated rings. The van der Waals surface area contributed by atoms with Crippen LogP contribution in [0.4, 0.5) is 0 Å². The van der Waals surface area contributed by atoms with Crippen LogP contribution in [0.15, 0.2) is 4.79 Å². The first-order valence-corrected chi connectivity index (χ1v) is 8.22. The fourth-order valence-corrected chi connectivity index (χ4v) is 4.05. The predicted octanol–water partition coefficient (Wildman–Crippen LogP) is 0.704. The molecule has 3 N–H and O–H groups in total. The van der Waals surface area contributed by atoms with Crippen LogP contribution in [-0.4, -0.2) is 40.1 Å². The summed E-state index contributed by atoms with van der Waals surface area (Å²) in [6, 6.07) is 0.190. The summed E-state index contributed by atoms with van der Waals surface area (Å²) in [4.78, 5) is 26.9. The second kappa shape index (κ2) is 5.83. The Kier molecular flexibility index (Phi) is 4.04. The van der Waals surface area contributed by atoms with E-state index in [4.69, 9.17) is 5.73 Å². The number of amides is 1. The number of hydrogen-bond acceptors (Lipinski definition) is 4. The van der Waals surface area contributed by atoms with Gasteiger partial charge in [0.25, 0.3) is 11.5 Å². The van der Waals surface area contributed by atoms with Gasteiger partial charge in [-0.25, -0.2) is 5.10 Å². The molecule has 1 amide bonds. The van der Waals surface area contributed by atoms with Gasteiger partial charge in [0.2, 0.25) is 0 Å². The highest BCUT2D eigenvalue weighted by Crippen LogP contribution is 2.37. The van der Waals surface area contributed by atoms with Crippen molar-refractivity contribution in [3.8, 4) is 0 Å². The molecule has 6 heteroatoms. The standard InChI is InChI=1S/C16H24N4O2/c1-3-10-13(4-2)18-19-15(21)14(10)16(22)20-7-9-5-6-12(17)11(9)8-20/h9,11-12H,3-8,17H2,1-2H3,(H,19,21). The second-order valence-electron chi connectivity index (χ2n) is 6.44. The quantitative estimate of drug-likeness (QED) is 0.860. The third-order valence-corrected chi connectivity index (χ3v) is 5.27. The summed E-state index contributed by atoms with van der Waals surface area (Å²) in [6.07, 6.45) is 3.48. The summed E-state index contributed by atoms with van der Waals surface area (Å²) < 4.78 is 0. The maximum Gasteiger partial charge on any atom is 0.277 e. The molecule has 2 aliphatic rings. The van der Waals surface area contributed by atoms with Gasteiger partial charge in [-0.1, -0.05) is 13.8 Å². The zero-order valence-corrected chi connectivity index (χ0v) is 13.3. The highest BCUT2D eigenvalue weighted by Gasteiger charge is 2.43. The van der Waals surface area contributed by atoms with Gasteiger partial charge in [0.1, 0.15) is 5.56 Å². The van der Waals surface area contributed by atoms with E-state index in [0.29, 0.717) is 31.2 Å². The molecule has 3 rings (SSSR count). The van der Waals surface area contributed by atoms with Gasteiger partial charge in [0.05, 0.1) is 5.69 Å². The van der Waals surface area contributed by atoms with Crippen molar-refractivity contribution in [2.45, 2.75) is 45.6 Å². The van der Waals surface area contributed by atoms with E-state index >= 15 is 0 Å². The molecule has 1 aromatic rings. The van der Waals surface area contributed by atoms with Gasteiger partial charge in [0, 0.05) is 19.1 Å². The zero-order chi connectivity index (χ0) is 15.9. The summed E-state index contributed by atoms with van der Waals surface area (Å²) in [5, 5.41) is 6.56. The smallest absolute Gasteiger partial charge is 0.277 e. The van der Waals surface area contributed by atoms with E-state index in [1.54, 1.807) is 0 Å². The van der Waals surface area contributed by atoms with Gasteiger partial charge in [-0.15, -0.1) is 0 Å². The van der Waals surface area contributed by atoms with E-state index in [1.165, 1.54) is 0 Å². The van der Waals surface area contributed by atoms with Crippen molar-refractivity contribution in [1.82, 2.24) is 15.1 Å². The van der Waals surface area contributed by atoms with Crippen LogP contribution in [0.25, 0.3) is 0 Å². The van der Waals surface area contributed by atoms with Crippen molar-refractivity contribution in [3.05, 3.63) is 27.2 Å². The number of carbonyl (C=O) groups excluding carboxylic acids is 1. The fourth-order valence-electron chi connectivity index (χ4n) is 4.05. The highest BCUT2D eigenvalue weighted by atomic mass is 16.2. The van der Waals surface area contributed by atoms with E-state index in [2.05, 4.69) is 10.2 Å². The Morgan fingerprint density at radius 3 is 2.73 bits per heavy atom. The number of aromatic nitrogens is 2. The van der Waals surface area contributed by atoms with Gasteiger partial charge in [0.15, 0.2) is 0 Å². The Hall–Kier alpha value is -1.69. The van der Waals surface area contributed by atoms with Crippen molar-refractivity contribution in [3.63, 3.8) is 0 Å². The summed E-state index contributed by atoms with van der Waals surface area (Å²) in [6.45, 7) is 5.34. The number of aromatic amines is 1. The van der Waals surface area contributed by atoms with Crippen LogP contribution in [-0.2, 0) is 12.8 Å². The molecule has 0 radical (unpaired) electrons. The van der Waals surface area contributed by atoms with E-state index in [-0.39, 0.29) is 23.1 Å².